The molecule has 3 aromatic rings. The molecule has 3 aromatic carbocycles. The highest BCUT2D eigenvalue weighted by Gasteiger charge is 2.28. The van der Waals surface area contributed by atoms with Crippen LogP contribution in [0.4, 0.5) is 0 Å². The smallest absolute Gasteiger partial charge is 0.314 e. The number of hydrogen-bond donors (Lipinski definition) is 0. The van der Waals surface area contributed by atoms with E-state index in [0.29, 0.717) is 19.8 Å². The Labute approximate surface area is 176 Å². The molecule has 4 rings (SSSR count). The van der Waals surface area contributed by atoms with Crippen molar-refractivity contribution in [1.82, 2.24) is 0 Å². The van der Waals surface area contributed by atoms with Crippen LogP contribution in [0.3, 0.4) is 0 Å². The van der Waals surface area contributed by atoms with E-state index >= 15 is 0 Å². The molecule has 0 radical (unpaired) electrons. The van der Waals surface area contributed by atoms with E-state index in [9.17, 15) is 4.79 Å². The Balaban J connectivity index is 1.43. The van der Waals surface area contributed by atoms with Crippen LogP contribution in [0.25, 0.3) is 21.5 Å². The number of ether oxygens (including phenoxy) is 4. The number of esters is 1. The topological polar surface area (TPSA) is 54.0 Å². The second-order valence-corrected chi connectivity index (χ2v) is 7.92. The van der Waals surface area contributed by atoms with E-state index in [1.807, 2.05) is 0 Å². The minimum atomic E-state index is -0.431. The molecule has 0 spiro atoms. The molecule has 0 bridgehead atoms. The van der Waals surface area contributed by atoms with Gasteiger partial charge in [-0.2, -0.15) is 0 Å². The molecule has 1 aliphatic heterocycles. The Hall–Kier alpha value is -2.47. The monoisotopic (exact) mass is 408 g/mol. The molecule has 0 amide bonds. The van der Waals surface area contributed by atoms with E-state index in [0.717, 1.165) is 0 Å². The van der Waals surface area contributed by atoms with Crippen molar-refractivity contribution >= 4 is 27.5 Å². The predicted molar refractivity (Wildman–Crippen MR) is 117 cm³/mol. The highest BCUT2D eigenvalue weighted by atomic mass is 16.6. The van der Waals surface area contributed by atoms with E-state index in [1.165, 1.54) is 27.1 Å². The van der Waals surface area contributed by atoms with Gasteiger partial charge in [0.2, 0.25) is 0 Å². The minimum absolute atomic E-state index is 0.138. The van der Waals surface area contributed by atoms with E-state index in [4.69, 9.17) is 18.9 Å². The summed E-state index contributed by atoms with van der Waals surface area (Å²) in [7, 11) is 1.58. The third-order valence-corrected chi connectivity index (χ3v) is 5.63. The number of hydrogen-bond acceptors (Lipinski definition) is 5. The maximum Gasteiger partial charge on any atom is 0.314 e. The maximum absolute atomic E-state index is 12.3. The first-order valence-electron chi connectivity index (χ1n) is 10.4. The van der Waals surface area contributed by atoms with Gasteiger partial charge >= 0.3 is 5.97 Å². The summed E-state index contributed by atoms with van der Waals surface area (Å²) in [4.78, 5) is 12.3. The van der Waals surface area contributed by atoms with Crippen LogP contribution in [-0.4, -0.2) is 52.2 Å². The van der Waals surface area contributed by atoms with Crippen molar-refractivity contribution in [1.29, 1.82) is 0 Å². The normalized spacial score (nSPS) is 16.3. The number of methoxy groups -OCH3 is 1. The first kappa shape index (κ1) is 20.8. The zero-order valence-electron chi connectivity index (χ0n) is 17.5. The van der Waals surface area contributed by atoms with Crippen LogP contribution in [0.5, 0.6) is 0 Å². The lowest BCUT2D eigenvalue weighted by atomic mass is 9.92. The lowest BCUT2D eigenvalue weighted by Gasteiger charge is -2.27. The van der Waals surface area contributed by atoms with Gasteiger partial charge in [-0.15, -0.1) is 0 Å². The third kappa shape index (κ3) is 4.48. The average molecular weight is 408 g/mol. The quantitative estimate of drug-likeness (QED) is 0.390. The molecule has 1 saturated heterocycles. The Morgan fingerprint density at radius 2 is 1.77 bits per heavy atom. The van der Waals surface area contributed by atoms with Gasteiger partial charge in [-0.3, -0.25) is 4.79 Å². The lowest BCUT2D eigenvalue weighted by Crippen LogP contribution is -2.40. The number of fused-ring (bicyclic) bond motifs is 3. The first-order valence-corrected chi connectivity index (χ1v) is 10.4. The Bertz CT molecular complexity index is 1010. The fraction of sp³-hybridized carbons (Fsp3) is 0.400. The van der Waals surface area contributed by atoms with Gasteiger partial charge in [0.05, 0.1) is 33.0 Å². The van der Waals surface area contributed by atoms with Crippen molar-refractivity contribution in [2.75, 3.05) is 40.1 Å². The van der Waals surface area contributed by atoms with E-state index in [1.54, 1.807) is 7.11 Å². The Morgan fingerprint density at radius 3 is 2.53 bits per heavy atom. The third-order valence-electron chi connectivity index (χ3n) is 5.63. The molecular formula is C25H28O5. The van der Waals surface area contributed by atoms with Gasteiger partial charge in [0, 0.05) is 13.0 Å². The van der Waals surface area contributed by atoms with Crippen LogP contribution in [0.15, 0.2) is 54.6 Å². The van der Waals surface area contributed by atoms with Crippen LogP contribution in [0.2, 0.25) is 0 Å². The van der Waals surface area contributed by atoms with Crippen LogP contribution in [0, 0.1) is 5.92 Å². The summed E-state index contributed by atoms with van der Waals surface area (Å²) in [5.41, 5.74) is 1.25. The molecule has 2 atom stereocenters. The number of rotatable bonds is 9. The maximum atomic E-state index is 12.3. The molecule has 30 heavy (non-hydrogen) atoms. The molecule has 0 aromatic heterocycles. The standard InChI is InChI=1S/C25H28O5/c1-17(12-28-14-19(13-27-2)25(26)30-20-15-29-16-20)21-8-5-9-23-22-7-4-3-6-18(22)10-11-24(21)23/h3-11,17,19-20H,12-16H2,1-2H3. The van der Waals surface area contributed by atoms with Crippen molar-refractivity contribution in [2.45, 2.75) is 18.9 Å². The summed E-state index contributed by atoms with van der Waals surface area (Å²) in [6.45, 7) is 4.17. The van der Waals surface area contributed by atoms with Crippen molar-refractivity contribution in [3.63, 3.8) is 0 Å². The molecule has 158 valence electrons. The van der Waals surface area contributed by atoms with Gasteiger partial charge in [-0.05, 0) is 27.1 Å². The van der Waals surface area contributed by atoms with E-state index < -0.39 is 5.92 Å². The second kappa shape index (κ2) is 9.56. The van der Waals surface area contributed by atoms with Crippen LogP contribution >= 0.6 is 0 Å². The molecule has 2 unspecified atom stereocenters. The summed E-state index contributed by atoms with van der Waals surface area (Å²) in [5.74, 6) is -0.525. The van der Waals surface area contributed by atoms with Crippen LogP contribution in [-0.2, 0) is 23.7 Å². The average Bonchev–Trinajstić information content (AvgIpc) is 2.74. The Kier molecular flexibility index (Phi) is 6.62. The van der Waals surface area contributed by atoms with E-state index in [2.05, 4.69) is 61.5 Å². The van der Waals surface area contributed by atoms with Gasteiger partial charge < -0.3 is 18.9 Å². The van der Waals surface area contributed by atoms with Crippen molar-refractivity contribution in [3.8, 4) is 0 Å². The SMILES string of the molecule is COCC(COCC(C)c1cccc2c1ccc1ccccc12)C(=O)OC1COC1. The number of carbonyl (C=O) groups excluding carboxylic acids is 1. The van der Waals surface area contributed by atoms with Crippen molar-refractivity contribution < 1.29 is 23.7 Å². The van der Waals surface area contributed by atoms with Crippen LogP contribution in [0.1, 0.15) is 18.4 Å². The fourth-order valence-electron chi connectivity index (χ4n) is 3.90. The summed E-state index contributed by atoms with van der Waals surface area (Å²) in [6, 6.07) is 19.2. The highest BCUT2D eigenvalue weighted by molar-refractivity contribution is 6.08. The predicted octanol–water partition coefficient (Wildman–Crippen LogP) is 4.32. The van der Waals surface area contributed by atoms with Gasteiger partial charge in [0.15, 0.2) is 0 Å². The Morgan fingerprint density at radius 1 is 0.967 bits per heavy atom. The number of benzene rings is 3. The van der Waals surface area contributed by atoms with Gasteiger partial charge in [-0.1, -0.05) is 61.5 Å². The molecule has 1 aliphatic rings. The first-order chi connectivity index (χ1) is 14.7. The van der Waals surface area contributed by atoms with Gasteiger partial charge in [0.1, 0.15) is 12.0 Å². The summed E-state index contributed by atoms with van der Waals surface area (Å²) in [6.07, 6.45) is -0.138. The molecule has 0 N–H and O–H groups in total. The van der Waals surface area contributed by atoms with Crippen molar-refractivity contribution in [3.05, 3.63) is 60.2 Å². The minimum Gasteiger partial charge on any atom is -0.457 e. The molecule has 0 saturated carbocycles. The van der Waals surface area contributed by atoms with Crippen molar-refractivity contribution in [2.24, 2.45) is 5.92 Å². The molecule has 0 aliphatic carbocycles. The van der Waals surface area contributed by atoms with Crippen LogP contribution < -0.4 is 0 Å². The summed E-state index contributed by atoms with van der Waals surface area (Å²) in [5, 5.41) is 4.99. The second-order valence-electron chi connectivity index (χ2n) is 7.92. The highest BCUT2D eigenvalue weighted by Crippen LogP contribution is 2.31. The molecular weight excluding hydrogens is 380 g/mol. The molecule has 1 fully saturated rings. The molecule has 1 heterocycles. The zero-order valence-corrected chi connectivity index (χ0v) is 17.5. The summed E-state index contributed by atoms with van der Waals surface area (Å²) < 4.78 is 21.6. The fourth-order valence-corrected chi connectivity index (χ4v) is 3.90. The lowest BCUT2D eigenvalue weighted by molar-refractivity contribution is -0.180. The number of carbonyl (C=O) groups is 1. The van der Waals surface area contributed by atoms with Gasteiger partial charge in [-0.25, -0.2) is 0 Å². The van der Waals surface area contributed by atoms with Gasteiger partial charge in [0.25, 0.3) is 0 Å². The molecule has 5 nitrogen and oxygen atoms in total. The largest absolute Gasteiger partial charge is 0.457 e. The zero-order chi connectivity index (χ0) is 20.9. The molecule has 5 heteroatoms. The van der Waals surface area contributed by atoms with E-state index in [-0.39, 0.29) is 31.2 Å². The summed E-state index contributed by atoms with van der Waals surface area (Å²) >= 11 is 0.